The maximum Gasteiger partial charge on any atom is 0.302 e. The van der Waals surface area contributed by atoms with E-state index in [-0.39, 0.29) is 12.1 Å². The van der Waals surface area contributed by atoms with E-state index in [1.165, 1.54) is 6.92 Å². The summed E-state index contributed by atoms with van der Waals surface area (Å²) < 4.78 is 11.7. The molecule has 4 atom stereocenters. The zero-order valence-electron chi connectivity index (χ0n) is 14.0. The Morgan fingerprint density at radius 1 is 1.50 bits per heavy atom. The zero-order valence-corrected chi connectivity index (χ0v) is 14.0. The average molecular weight is 310 g/mol. The molecule has 1 N–H and O–H groups in total. The monoisotopic (exact) mass is 310 g/mol. The molecule has 0 amide bonds. The van der Waals surface area contributed by atoms with Crippen LogP contribution in [0.15, 0.2) is 11.1 Å². The van der Waals surface area contributed by atoms with Gasteiger partial charge in [0.05, 0.1) is 23.2 Å². The Hall–Kier alpha value is -1.20. The van der Waals surface area contributed by atoms with Gasteiger partial charge in [0.15, 0.2) is 0 Å². The second-order valence-electron chi connectivity index (χ2n) is 7.23. The maximum atomic E-state index is 11.6. The summed E-state index contributed by atoms with van der Waals surface area (Å²) in [5.41, 5.74) is 0.00909. The average Bonchev–Trinajstić information content (AvgIpc) is 2.38. The number of fused-ring (bicyclic) bond motifs is 1. The molecule has 5 heteroatoms. The Bertz CT molecular complexity index is 502. The highest BCUT2D eigenvalue weighted by Crippen LogP contribution is 2.50. The molecule has 1 fully saturated rings. The van der Waals surface area contributed by atoms with Gasteiger partial charge in [-0.2, -0.15) is 0 Å². The SMILES string of the molecule is CC(=O)O[C@@H]1C[C@H](C(C)(C)O)O[C@@H]2CCC(C)=C(C=O)[C@]12C. The van der Waals surface area contributed by atoms with Gasteiger partial charge in [0, 0.05) is 18.9 Å². The van der Waals surface area contributed by atoms with E-state index < -0.39 is 23.2 Å². The van der Waals surface area contributed by atoms with Gasteiger partial charge in [-0.1, -0.05) is 5.57 Å². The fourth-order valence-electron chi connectivity index (χ4n) is 3.75. The van der Waals surface area contributed by atoms with E-state index in [1.807, 2.05) is 13.8 Å². The molecule has 0 saturated carbocycles. The van der Waals surface area contributed by atoms with E-state index in [0.717, 1.165) is 24.7 Å². The van der Waals surface area contributed by atoms with Crippen molar-refractivity contribution in [2.45, 2.75) is 77.8 Å². The molecule has 2 aliphatic rings. The molecule has 0 aromatic rings. The normalized spacial score (nSPS) is 35.8. The Labute approximate surface area is 131 Å². The predicted octanol–water partition coefficient (Wildman–Crippen LogP) is 2.16. The molecule has 1 aliphatic carbocycles. The number of aliphatic hydroxyl groups is 1. The van der Waals surface area contributed by atoms with Crippen molar-refractivity contribution < 1.29 is 24.2 Å². The van der Waals surface area contributed by atoms with Crippen LogP contribution in [0.3, 0.4) is 0 Å². The molecule has 1 saturated heterocycles. The van der Waals surface area contributed by atoms with Crippen molar-refractivity contribution in [1.82, 2.24) is 0 Å². The van der Waals surface area contributed by atoms with Crippen LogP contribution in [0.1, 0.15) is 53.9 Å². The van der Waals surface area contributed by atoms with Crippen LogP contribution in [0.25, 0.3) is 0 Å². The fraction of sp³-hybridized carbons (Fsp3) is 0.765. The van der Waals surface area contributed by atoms with Crippen LogP contribution in [0.5, 0.6) is 0 Å². The molecule has 0 aromatic heterocycles. The summed E-state index contributed by atoms with van der Waals surface area (Å²) in [7, 11) is 0. The first-order valence-electron chi connectivity index (χ1n) is 7.81. The van der Waals surface area contributed by atoms with E-state index in [4.69, 9.17) is 9.47 Å². The number of hydrogen-bond acceptors (Lipinski definition) is 5. The first kappa shape index (κ1) is 17.2. The van der Waals surface area contributed by atoms with Crippen molar-refractivity contribution in [3.63, 3.8) is 0 Å². The van der Waals surface area contributed by atoms with Gasteiger partial charge < -0.3 is 14.6 Å². The quantitative estimate of drug-likeness (QED) is 0.639. The van der Waals surface area contributed by atoms with Crippen LogP contribution < -0.4 is 0 Å². The standard InChI is InChI=1S/C17H26O5/c1-10-6-7-13-17(5,12(10)9-18)15(21-11(2)19)8-14(22-13)16(3,4)20/h9,13-15,20H,6-8H2,1-5H3/t13-,14-,15-,17+/m1/s1. The third kappa shape index (κ3) is 2.84. The molecule has 1 aliphatic heterocycles. The molecular weight excluding hydrogens is 284 g/mol. The molecule has 0 unspecified atom stereocenters. The third-order valence-corrected chi connectivity index (χ3v) is 5.13. The summed E-state index contributed by atoms with van der Waals surface area (Å²) in [6.45, 7) is 8.62. The second-order valence-corrected chi connectivity index (χ2v) is 7.23. The lowest BCUT2D eigenvalue weighted by Gasteiger charge is -2.53. The predicted molar refractivity (Wildman–Crippen MR) is 81.2 cm³/mol. The van der Waals surface area contributed by atoms with Crippen molar-refractivity contribution in [2.75, 3.05) is 0 Å². The Morgan fingerprint density at radius 2 is 2.14 bits per heavy atom. The summed E-state index contributed by atoms with van der Waals surface area (Å²) in [6.07, 6.45) is 1.62. The van der Waals surface area contributed by atoms with Gasteiger partial charge in [-0.05, 0) is 40.5 Å². The molecular formula is C17H26O5. The number of esters is 1. The van der Waals surface area contributed by atoms with Gasteiger partial charge in [-0.3, -0.25) is 9.59 Å². The van der Waals surface area contributed by atoms with E-state index >= 15 is 0 Å². The van der Waals surface area contributed by atoms with Gasteiger partial charge in [-0.15, -0.1) is 0 Å². The number of rotatable bonds is 3. The highest BCUT2D eigenvalue weighted by atomic mass is 16.6. The van der Waals surface area contributed by atoms with Gasteiger partial charge >= 0.3 is 5.97 Å². The number of ether oxygens (including phenoxy) is 2. The van der Waals surface area contributed by atoms with Crippen LogP contribution in [-0.4, -0.2) is 41.3 Å². The Kier molecular flexibility index (Phi) is 4.51. The number of aldehydes is 1. The van der Waals surface area contributed by atoms with Crippen LogP contribution in [0, 0.1) is 5.41 Å². The summed E-state index contributed by atoms with van der Waals surface area (Å²) >= 11 is 0. The Balaban J connectivity index is 2.45. The van der Waals surface area contributed by atoms with E-state index in [9.17, 15) is 14.7 Å². The van der Waals surface area contributed by atoms with Crippen LogP contribution in [0.4, 0.5) is 0 Å². The highest BCUT2D eigenvalue weighted by Gasteiger charge is 2.55. The lowest BCUT2D eigenvalue weighted by Crippen LogP contribution is -2.59. The zero-order chi connectivity index (χ0) is 16.7. The lowest BCUT2D eigenvalue weighted by molar-refractivity contribution is -0.224. The number of hydrogen-bond donors (Lipinski definition) is 1. The van der Waals surface area contributed by atoms with Crippen molar-refractivity contribution >= 4 is 12.3 Å². The summed E-state index contributed by atoms with van der Waals surface area (Å²) in [4.78, 5) is 23.2. The first-order chi connectivity index (χ1) is 10.1. The molecule has 124 valence electrons. The smallest absolute Gasteiger partial charge is 0.302 e. The van der Waals surface area contributed by atoms with Crippen LogP contribution >= 0.6 is 0 Å². The van der Waals surface area contributed by atoms with E-state index in [0.29, 0.717) is 12.0 Å². The van der Waals surface area contributed by atoms with E-state index in [1.54, 1.807) is 13.8 Å². The molecule has 0 aromatic carbocycles. The molecule has 0 bridgehead atoms. The minimum atomic E-state index is -1.03. The number of carbonyl (C=O) groups is 2. The maximum absolute atomic E-state index is 11.6. The molecule has 5 nitrogen and oxygen atoms in total. The lowest BCUT2D eigenvalue weighted by atomic mass is 9.63. The second kappa shape index (κ2) is 5.78. The van der Waals surface area contributed by atoms with Crippen LogP contribution in [-0.2, 0) is 19.1 Å². The molecule has 0 spiro atoms. The number of carbonyl (C=O) groups excluding carboxylic acids is 2. The van der Waals surface area contributed by atoms with Crippen molar-refractivity contribution in [2.24, 2.45) is 5.41 Å². The minimum absolute atomic E-state index is 0.245. The summed E-state index contributed by atoms with van der Waals surface area (Å²) in [5.74, 6) is -0.380. The first-order valence-corrected chi connectivity index (χ1v) is 7.81. The van der Waals surface area contributed by atoms with Gasteiger partial charge in [-0.25, -0.2) is 0 Å². The van der Waals surface area contributed by atoms with Crippen LogP contribution in [0.2, 0.25) is 0 Å². The Morgan fingerprint density at radius 3 is 2.64 bits per heavy atom. The van der Waals surface area contributed by atoms with Crippen molar-refractivity contribution in [1.29, 1.82) is 0 Å². The van der Waals surface area contributed by atoms with Crippen molar-refractivity contribution in [3.05, 3.63) is 11.1 Å². The summed E-state index contributed by atoms with van der Waals surface area (Å²) in [5, 5.41) is 10.3. The number of allylic oxidation sites excluding steroid dienone is 1. The largest absolute Gasteiger partial charge is 0.461 e. The molecule has 22 heavy (non-hydrogen) atoms. The summed E-state index contributed by atoms with van der Waals surface area (Å²) in [6, 6.07) is 0. The van der Waals surface area contributed by atoms with E-state index in [2.05, 4.69) is 0 Å². The topological polar surface area (TPSA) is 72.8 Å². The molecule has 0 radical (unpaired) electrons. The minimum Gasteiger partial charge on any atom is -0.461 e. The third-order valence-electron chi connectivity index (χ3n) is 5.13. The highest BCUT2D eigenvalue weighted by molar-refractivity contribution is 5.78. The van der Waals surface area contributed by atoms with Crippen molar-refractivity contribution in [3.8, 4) is 0 Å². The van der Waals surface area contributed by atoms with Gasteiger partial charge in [0.25, 0.3) is 0 Å². The van der Waals surface area contributed by atoms with Gasteiger partial charge in [0.2, 0.25) is 0 Å². The molecule has 2 rings (SSSR count). The molecule has 1 heterocycles. The van der Waals surface area contributed by atoms with Gasteiger partial charge in [0.1, 0.15) is 12.4 Å². The fourth-order valence-corrected chi connectivity index (χ4v) is 3.75.